The van der Waals surface area contributed by atoms with E-state index in [2.05, 4.69) is 4.98 Å². The summed E-state index contributed by atoms with van der Waals surface area (Å²) in [4.78, 5) is 15.4. The lowest BCUT2D eigenvalue weighted by Crippen LogP contribution is -2.13. The number of carbonyl (C=O) groups is 1. The van der Waals surface area contributed by atoms with E-state index in [4.69, 9.17) is 22.1 Å². The average molecular weight is 277 g/mol. The van der Waals surface area contributed by atoms with Crippen molar-refractivity contribution < 1.29 is 9.53 Å². The van der Waals surface area contributed by atoms with E-state index in [-0.39, 0.29) is 11.4 Å². The van der Waals surface area contributed by atoms with Crippen molar-refractivity contribution in [1.82, 2.24) is 4.98 Å². The topological polar surface area (TPSA) is 65.2 Å². The molecule has 1 amide bonds. The first kappa shape index (κ1) is 13.4. The molecule has 0 aliphatic rings. The zero-order valence-electron chi connectivity index (χ0n) is 10.6. The molecule has 0 atom stereocenters. The predicted octanol–water partition coefficient (Wildman–Crippen LogP) is 3.24. The van der Waals surface area contributed by atoms with E-state index in [0.29, 0.717) is 10.8 Å². The lowest BCUT2D eigenvalue weighted by atomic mass is 10.1. The number of hydrogen-bond donors (Lipinski definition) is 1. The fourth-order valence-corrected chi connectivity index (χ4v) is 1.86. The summed E-state index contributed by atoms with van der Waals surface area (Å²) in [6.45, 7) is 3.91. The summed E-state index contributed by atoms with van der Waals surface area (Å²) in [6, 6.07) is 7.17. The molecule has 0 saturated carbocycles. The molecule has 2 aromatic rings. The molecule has 2 N–H and O–H groups in total. The zero-order valence-corrected chi connectivity index (χ0v) is 11.4. The smallest absolute Gasteiger partial charge is 0.254 e. The Morgan fingerprint density at radius 1 is 1.32 bits per heavy atom. The van der Waals surface area contributed by atoms with Crippen LogP contribution in [-0.2, 0) is 0 Å². The number of carbonyl (C=O) groups excluding carboxylic acids is 1. The van der Waals surface area contributed by atoms with Crippen LogP contribution in [0.25, 0.3) is 0 Å². The number of nitrogens with zero attached hydrogens (tertiary/aromatic N) is 1. The molecule has 98 valence electrons. The summed E-state index contributed by atoms with van der Waals surface area (Å²) in [7, 11) is 0. The zero-order chi connectivity index (χ0) is 14.0. The van der Waals surface area contributed by atoms with Crippen molar-refractivity contribution in [2.45, 2.75) is 13.8 Å². The van der Waals surface area contributed by atoms with Gasteiger partial charge in [0, 0.05) is 6.20 Å². The van der Waals surface area contributed by atoms with Crippen molar-refractivity contribution in [3.05, 3.63) is 52.2 Å². The van der Waals surface area contributed by atoms with Gasteiger partial charge < -0.3 is 10.5 Å². The van der Waals surface area contributed by atoms with Crippen LogP contribution < -0.4 is 10.5 Å². The average Bonchev–Trinajstić information content (AvgIpc) is 2.34. The minimum atomic E-state index is -0.630. The Labute approximate surface area is 116 Å². The van der Waals surface area contributed by atoms with Gasteiger partial charge in [0.05, 0.1) is 5.02 Å². The Balaban J connectivity index is 2.40. The van der Waals surface area contributed by atoms with Crippen molar-refractivity contribution in [2.24, 2.45) is 5.73 Å². The van der Waals surface area contributed by atoms with E-state index in [0.717, 1.165) is 11.1 Å². The maximum absolute atomic E-state index is 11.3. The number of halogens is 1. The largest absolute Gasteiger partial charge is 0.438 e. The molecular formula is C14H13ClN2O2. The summed E-state index contributed by atoms with van der Waals surface area (Å²) < 4.78 is 5.64. The molecule has 2 rings (SSSR count). The summed E-state index contributed by atoms with van der Waals surface area (Å²) in [5.74, 6) is 0.154. The second-order valence-electron chi connectivity index (χ2n) is 4.24. The summed E-state index contributed by atoms with van der Waals surface area (Å²) in [6.07, 6.45) is 1.41. The van der Waals surface area contributed by atoms with Gasteiger partial charge in [0.2, 0.25) is 5.88 Å². The number of amides is 1. The van der Waals surface area contributed by atoms with Gasteiger partial charge in [0.15, 0.2) is 0 Å². The fourth-order valence-electron chi connectivity index (χ4n) is 1.70. The molecular weight excluding hydrogens is 264 g/mol. The molecule has 1 aromatic carbocycles. The Hall–Kier alpha value is -2.07. The van der Waals surface area contributed by atoms with E-state index >= 15 is 0 Å². The number of rotatable bonds is 3. The minimum absolute atomic E-state index is 0.156. The highest BCUT2D eigenvalue weighted by Crippen LogP contribution is 2.27. The van der Waals surface area contributed by atoms with Crippen molar-refractivity contribution in [2.75, 3.05) is 0 Å². The summed E-state index contributed by atoms with van der Waals surface area (Å²) in [5, 5.41) is 0.335. The standard InChI is InChI=1S/C14H13ClN2O2/c1-8-3-4-12(9(2)5-8)19-14-11(13(16)18)6-10(15)7-17-14/h3-7H,1-2H3,(H2,16,18). The van der Waals surface area contributed by atoms with Crippen LogP contribution in [0.4, 0.5) is 0 Å². The monoisotopic (exact) mass is 276 g/mol. The number of pyridine rings is 1. The highest BCUT2D eigenvalue weighted by Gasteiger charge is 2.13. The highest BCUT2D eigenvalue weighted by atomic mass is 35.5. The molecule has 0 unspecified atom stereocenters. The molecule has 0 bridgehead atoms. The minimum Gasteiger partial charge on any atom is -0.438 e. The van der Waals surface area contributed by atoms with Gasteiger partial charge in [-0.3, -0.25) is 4.79 Å². The molecule has 0 fully saturated rings. The summed E-state index contributed by atoms with van der Waals surface area (Å²) in [5.41, 5.74) is 7.52. The molecule has 0 spiro atoms. The number of aromatic nitrogens is 1. The van der Waals surface area contributed by atoms with Gasteiger partial charge in [-0.15, -0.1) is 0 Å². The summed E-state index contributed by atoms with van der Waals surface area (Å²) >= 11 is 5.79. The van der Waals surface area contributed by atoms with Crippen LogP contribution in [0.2, 0.25) is 5.02 Å². The van der Waals surface area contributed by atoms with E-state index < -0.39 is 5.91 Å². The van der Waals surface area contributed by atoms with Gasteiger partial charge in [-0.1, -0.05) is 29.3 Å². The Bertz CT molecular complexity index is 641. The van der Waals surface area contributed by atoms with Gasteiger partial charge in [0.1, 0.15) is 11.3 Å². The SMILES string of the molecule is Cc1ccc(Oc2ncc(Cl)cc2C(N)=O)c(C)c1. The van der Waals surface area contributed by atoms with Crippen molar-refractivity contribution in [1.29, 1.82) is 0 Å². The van der Waals surface area contributed by atoms with E-state index in [1.165, 1.54) is 12.3 Å². The fraction of sp³-hybridized carbons (Fsp3) is 0.143. The van der Waals surface area contributed by atoms with Crippen molar-refractivity contribution in [3.8, 4) is 11.6 Å². The molecule has 4 nitrogen and oxygen atoms in total. The molecule has 19 heavy (non-hydrogen) atoms. The maximum atomic E-state index is 11.3. The lowest BCUT2D eigenvalue weighted by Gasteiger charge is -2.10. The lowest BCUT2D eigenvalue weighted by molar-refractivity contribution is 0.0997. The third kappa shape index (κ3) is 3.03. The van der Waals surface area contributed by atoms with E-state index in [1.807, 2.05) is 32.0 Å². The molecule has 0 radical (unpaired) electrons. The first-order valence-corrected chi connectivity index (χ1v) is 6.05. The maximum Gasteiger partial charge on any atom is 0.254 e. The van der Waals surface area contributed by atoms with Crippen LogP contribution in [0.15, 0.2) is 30.5 Å². The molecule has 1 heterocycles. The predicted molar refractivity (Wildman–Crippen MR) is 73.8 cm³/mol. The molecule has 0 aliphatic heterocycles. The van der Waals surface area contributed by atoms with Crippen LogP contribution in [0.5, 0.6) is 11.6 Å². The van der Waals surface area contributed by atoms with E-state index in [1.54, 1.807) is 0 Å². The van der Waals surface area contributed by atoms with Crippen LogP contribution >= 0.6 is 11.6 Å². The molecule has 5 heteroatoms. The van der Waals surface area contributed by atoms with Gasteiger partial charge in [-0.2, -0.15) is 0 Å². The number of aryl methyl sites for hydroxylation is 2. The Morgan fingerprint density at radius 2 is 2.05 bits per heavy atom. The number of ether oxygens (including phenoxy) is 1. The Morgan fingerprint density at radius 3 is 2.68 bits per heavy atom. The quantitative estimate of drug-likeness (QED) is 0.936. The number of nitrogens with two attached hydrogens (primary N) is 1. The number of hydrogen-bond acceptors (Lipinski definition) is 3. The van der Waals surface area contributed by atoms with Crippen LogP contribution in [-0.4, -0.2) is 10.9 Å². The first-order valence-electron chi connectivity index (χ1n) is 5.68. The second kappa shape index (κ2) is 5.28. The third-order valence-electron chi connectivity index (χ3n) is 2.62. The van der Waals surface area contributed by atoms with Gasteiger partial charge in [-0.25, -0.2) is 4.98 Å². The number of benzene rings is 1. The third-order valence-corrected chi connectivity index (χ3v) is 2.83. The molecule has 0 saturated heterocycles. The van der Waals surface area contributed by atoms with Gasteiger partial charge in [0.25, 0.3) is 5.91 Å². The van der Waals surface area contributed by atoms with Gasteiger partial charge in [-0.05, 0) is 31.5 Å². The van der Waals surface area contributed by atoms with Crippen LogP contribution in [0.3, 0.4) is 0 Å². The normalized spacial score (nSPS) is 10.3. The second-order valence-corrected chi connectivity index (χ2v) is 4.68. The highest BCUT2D eigenvalue weighted by molar-refractivity contribution is 6.30. The van der Waals surface area contributed by atoms with Crippen LogP contribution in [0, 0.1) is 13.8 Å². The van der Waals surface area contributed by atoms with Gasteiger partial charge >= 0.3 is 0 Å². The molecule has 1 aromatic heterocycles. The Kier molecular flexibility index (Phi) is 3.71. The van der Waals surface area contributed by atoms with Crippen molar-refractivity contribution in [3.63, 3.8) is 0 Å². The first-order chi connectivity index (χ1) is 8.97. The number of primary amides is 1. The van der Waals surface area contributed by atoms with Crippen molar-refractivity contribution >= 4 is 17.5 Å². The molecule has 0 aliphatic carbocycles. The van der Waals surface area contributed by atoms with Crippen LogP contribution in [0.1, 0.15) is 21.5 Å². The van der Waals surface area contributed by atoms with E-state index in [9.17, 15) is 4.79 Å².